The van der Waals surface area contributed by atoms with Crippen LogP contribution in [0.15, 0.2) is 23.9 Å². The van der Waals surface area contributed by atoms with Crippen molar-refractivity contribution in [1.82, 2.24) is 4.90 Å². The summed E-state index contributed by atoms with van der Waals surface area (Å²) < 4.78 is 5.04. The number of thioether (sulfide) groups is 1. The van der Waals surface area contributed by atoms with Crippen LogP contribution in [0.25, 0.3) is 0 Å². The summed E-state index contributed by atoms with van der Waals surface area (Å²) in [6.45, 7) is 5.45. The molecule has 0 radical (unpaired) electrons. The first-order valence-corrected chi connectivity index (χ1v) is 4.76. The molecule has 13 heavy (non-hydrogen) atoms. The fourth-order valence-electron chi connectivity index (χ4n) is 0.925. The van der Waals surface area contributed by atoms with E-state index in [0.29, 0.717) is 0 Å². The number of nitrogens with zero attached hydrogens (tertiary/aromatic N) is 1. The molecule has 0 fully saturated rings. The van der Waals surface area contributed by atoms with E-state index in [-0.39, 0.29) is 12.1 Å². The number of ether oxygens (including phenoxy) is 1. The van der Waals surface area contributed by atoms with Crippen LogP contribution in [-0.4, -0.2) is 23.0 Å². The van der Waals surface area contributed by atoms with Gasteiger partial charge in [0.15, 0.2) is 0 Å². The Kier molecular flexibility index (Phi) is 3.39. The first-order chi connectivity index (χ1) is 6.19. The van der Waals surface area contributed by atoms with Crippen LogP contribution in [0.1, 0.15) is 6.92 Å². The van der Waals surface area contributed by atoms with E-state index in [1.807, 2.05) is 12.3 Å². The average molecular weight is 200 g/mol. The summed E-state index contributed by atoms with van der Waals surface area (Å²) >= 11 is 1.42. The fourth-order valence-corrected chi connectivity index (χ4v) is 1.91. The van der Waals surface area contributed by atoms with Gasteiger partial charge >= 0.3 is 5.97 Å². The van der Waals surface area contributed by atoms with E-state index in [9.17, 15) is 4.79 Å². The molecule has 0 aromatic heterocycles. The molecule has 2 N–H and O–H groups in total. The van der Waals surface area contributed by atoms with Gasteiger partial charge in [0.2, 0.25) is 5.56 Å². The van der Waals surface area contributed by atoms with Gasteiger partial charge in [-0.25, -0.2) is 0 Å². The van der Waals surface area contributed by atoms with Gasteiger partial charge in [-0.05, 0) is 12.3 Å². The van der Waals surface area contributed by atoms with Crippen LogP contribution in [-0.2, 0) is 9.53 Å². The SMILES string of the molecule is C=CN1C(C)=CSC1OC(=O)CN. The number of rotatable bonds is 3. The molecule has 1 heterocycles. The van der Waals surface area contributed by atoms with Crippen LogP contribution in [0.4, 0.5) is 0 Å². The molecule has 0 aromatic rings. The molecule has 0 aromatic carbocycles. The highest BCUT2D eigenvalue weighted by Gasteiger charge is 2.25. The second kappa shape index (κ2) is 4.34. The molecule has 0 bridgehead atoms. The zero-order valence-corrected chi connectivity index (χ0v) is 8.21. The maximum atomic E-state index is 10.9. The lowest BCUT2D eigenvalue weighted by molar-refractivity contribution is -0.146. The molecule has 0 saturated heterocycles. The number of esters is 1. The second-order valence-electron chi connectivity index (χ2n) is 2.49. The first-order valence-electron chi connectivity index (χ1n) is 3.81. The van der Waals surface area contributed by atoms with Gasteiger partial charge in [0.1, 0.15) is 0 Å². The van der Waals surface area contributed by atoms with E-state index in [0.717, 1.165) is 5.70 Å². The summed E-state index contributed by atoms with van der Waals surface area (Å²) in [5.41, 5.74) is 5.80. The van der Waals surface area contributed by atoms with E-state index >= 15 is 0 Å². The molecular formula is C8H12N2O2S. The summed E-state index contributed by atoms with van der Waals surface area (Å²) in [4.78, 5) is 12.7. The smallest absolute Gasteiger partial charge is 0.322 e. The van der Waals surface area contributed by atoms with Crippen LogP contribution < -0.4 is 5.73 Å². The lowest BCUT2D eigenvalue weighted by Crippen LogP contribution is -2.30. The molecule has 0 spiro atoms. The minimum atomic E-state index is -0.410. The standard InChI is InChI=1S/C8H12N2O2S/c1-3-10-6(2)5-13-8(10)12-7(11)4-9/h3,5,8H,1,4,9H2,2H3. The van der Waals surface area contributed by atoms with E-state index < -0.39 is 5.97 Å². The fraction of sp³-hybridized carbons (Fsp3) is 0.375. The van der Waals surface area contributed by atoms with Gasteiger partial charge < -0.3 is 15.4 Å². The van der Waals surface area contributed by atoms with Crippen molar-refractivity contribution in [3.05, 3.63) is 23.9 Å². The van der Waals surface area contributed by atoms with E-state index in [2.05, 4.69) is 6.58 Å². The maximum Gasteiger partial charge on any atom is 0.322 e. The second-order valence-corrected chi connectivity index (χ2v) is 3.40. The van der Waals surface area contributed by atoms with Crippen molar-refractivity contribution in [3.8, 4) is 0 Å². The molecule has 4 nitrogen and oxygen atoms in total. The van der Waals surface area contributed by atoms with Crippen molar-refractivity contribution in [2.45, 2.75) is 12.5 Å². The predicted molar refractivity (Wildman–Crippen MR) is 52.3 cm³/mol. The van der Waals surface area contributed by atoms with Gasteiger partial charge in [0.25, 0.3) is 0 Å². The van der Waals surface area contributed by atoms with Crippen molar-refractivity contribution in [2.24, 2.45) is 5.73 Å². The Balaban J connectivity index is 2.54. The Bertz CT molecular complexity index is 253. The van der Waals surface area contributed by atoms with Crippen molar-refractivity contribution >= 4 is 17.7 Å². The van der Waals surface area contributed by atoms with Crippen LogP contribution in [0.5, 0.6) is 0 Å². The molecule has 1 aliphatic heterocycles. The van der Waals surface area contributed by atoms with Crippen LogP contribution in [0, 0.1) is 0 Å². The number of carbonyl (C=O) groups is 1. The number of hydrogen-bond acceptors (Lipinski definition) is 5. The minimum absolute atomic E-state index is 0.0961. The Morgan fingerprint density at radius 2 is 2.69 bits per heavy atom. The predicted octanol–water partition coefficient (Wildman–Crippen LogP) is 0.825. The van der Waals surface area contributed by atoms with Gasteiger partial charge in [-0.15, -0.1) is 0 Å². The molecule has 1 rings (SSSR count). The first kappa shape index (κ1) is 10.1. The van der Waals surface area contributed by atoms with E-state index in [1.54, 1.807) is 11.1 Å². The number of nitrogens with two attached hydrogens (primary N) is 1. The summed E-state index contributed by atoms with van der Waals surface area (Å²) in [6.07, 6.45) is 1.63. The lowest BCUT2D eigenvalue weighted by Gasteiger charge is -2.22. The third-order valence-electron chi connectivity index (χ3n) is 1.59. The van der Waals surface area contributed by atoms with Gasteiger partial charge in [-0.3, -0.25) is 4.79 Å². The van der Waals surface area contributed by atoms with Crippen LogP contribution in [0.3, 0.4) is 0 Å². The molecule has 1 unspecified atom stereocenters. The number of carbonyl (C=O) groups excluding carboxylic acids is 1. The molecule has 72 valence electrons. The Morgan fingerprint density at radius 1 is 2.00 bits per heavy atom. The molecular weight excluding hydrogens is 188 g/mol. The summed E-state index contributed by atoms with van der Waals surface area (Å²) in [5.74, 6) is -0.410. The largest absolute Gasteiger partial charge is 0.430 e. The van der Waals surface area contributed by atoms with Gasteiger partial charge in [-0.1, -0.05) is 18.3 Å². The van der Waals surface area contributed by atoms with Crippen molar-refractivity contribution in [1.29, 1.82) is 0 Å². The molecule has 0 amide bonds. The highest BCUT2D eigenvalue weighted by Crippen LogP contribution is 2.31. The van der Waals surface area contributed by atoms with Crippen molar-refractivity contribution in [2.75, 3.05) is 6.54 Å². The third-order valence-corrected chi connectivity index (χ3v) is 2.62. The van der Waals surface area contributed by atoms with Crippen molar-refractivity contribution < 1.29 is 9.53 Å². The Labute approximate surface area is 81.4 Å². The topological polar surface area (TPSA) is 55.6 Å². The Morgan fingerprint density at radius 3 is 3.23 bits per heavy atom. The van der Waals surface area contributed by atoms with Crippen LogP contribution in [0.2, 0.25) is 0 Å². The van der Waals surface area contributed by atoms with E-state index in [1.165, 1.54) is 11.8 Å². The maximum absolute atomic E-state index is 10.9. The summed E-state index contributed by atoms with van der Waals surface area (Å²) in [7, 11) is 0. The molecule has 0 saturated carbocycles. The van der Waals surface area contributed by atoms with Gasteiger partial charge in [-0.2, -0.15) is 0 Å². The highest BCUT2D eigenvalue weighted by atomic mass is 32.2. The van der Waals surface area contributed by atoms with Gasteiger partial charge in [0, 0.05) is 11.9 Å². The zero-order chi connectivity index (χ0) is 9.84. The zero-order valence-electron chi connectivity index (χ0n) is 7.40. The lowest BCUT2D eigenvalue weighted by atomic mass is 10.5. The average Bonchev–Trinajstić information content (AvgIpc) is 2.46. The highest BCUT2D eigenvalue weighted by molar-refractivity contribution is 8.02. The molecule has 0 aliphatic carbocycles. The molecule has 1 aliphatic rings. The van der Waals surface area contributed by atoms with E-state index in [4.69, 9.17) is 10.5 Å². The van der Waals surface area contributed by atoms with Crippen LogP contribution >= 0.6 is 11.8 Å². The van der Waals surface area contributed by atoms with Gasteiger partial charge in [0.05, 0.1) is 6.54 Å². The number of hydrogen-bond donors (Lipinski definition) is 1. The molecule has 1 atom stereocenters. The number of allylic oxidation sites excluding steroid dienone is 1. The summed E-state index contributed by atoms with van der Waals surface area (Å²) in [5, 5.41) is 1.91. The third kappa shape index (κ3) is 2.26. The molecule has 5 heteroatoms. The normalized spacial score (nSPS) is 21.2. The van der Waals surface area contributed by atoms with Crippen molar-refractivity contribution in [3.63, 3.8) is 0 Å². The Hall–Kier alpha value is -0.940. The quantitative estimate of drug-likeness (QED) is 0.684. The monoisotopic (exact) mass is 200 g/mol. The summed E-state index contributed by atoms with van der Waals surface area (Å²) in [6, 6.07) is 0. The minimum Gasteiger partial charge on any atom is -0.430 e.